The molecule has 5 unspecified atom stereocenters. The van der Waals surface area contributed by atoms with Crippen LogP contribution in [0.15, 0.2) is 0 Å². The fourth-order valence-electron chi connectivity index (χ4n) is 1.28. The van der Waals surface area contributed by atoms with Crippen LogP contribution >= 0.6 is 7.82 Å². The van der Waals surface area contributed by atoms with Gasteiger partial charge in [-0.25, -0.2) is 0 Å². The van der Waals surface area contributed by atoms with Gasteiger partial charge in [-0.2, -0.15) is 0 Å². The van der Waals surface area contributed by atoms with Crippen molar-refractivity contribution in [2.75, 3.05) is 6.61 Å². The number of aliphatic hydroxyl groups excluding tert-OH is 4. The maximum absolute atomic E-state index is 10.3. The van der Waals surface area contributed by atoms with E-state index in [9.17, 15) is 29.7 Å². The van der Waals surface area contributed by atoms with E-state index in [0.29, 0.717) is 0 Å². The summed E-state index contributed by atoms with van der Waals surface area (Å²) in [6.45, 7) is -0.743. The molecular weight excluding hydrogens is 293 g/mol. The number of hydrogen-bond donors (Lipinski definition) is 4. The summed E-state index contributed by atoms with van der Waals surface area (Å²) in [6, 6.07) is 0. The maximum atomic E-state index is 10.3. The minimum atomic E-state index is -5.41. The van der Waals surface area contributed by atoms with E-state index in [0.717, 1.165) is 0 Å². The maximum Gasteiger partial charge on any atom is 1.00 e. The first-order chi connectivity index (χ1) is 7.26. The van der Waals surface area contributed by atoms with Gasteiger partial charge in [0.15, 0.2) is 6.29 Å². The molecule has 0 aliphatic carbocycles. The molecule has 1 fully saturated rings. The molecule has 0 aromatic rings. The summed E-state index contributed by atoms with van der Waals surface area (Å²) < 4.78 is 18.7. The van der Waals surface area contributed by atoms with Gasteiger partial charge in [0.25, 0.3) is 0 Å². The molecule has 0 aromatic heterocycles. The molecule has 9 nitrogen and oxygen atoms in total. The summed E-state index contributed by atoms with van der Waals surface area (Å²) >= 11 is 0. The average molecular weight is 306 g/mol. The fraction of sp³-hybridized carbons (Fsp3) is 1.00. The molecule has 4 N–H and O–H groups in total. The smallest absolute Gasteiger partial charge is 0.790 e. The molecule has 12 heteroatoms. The second-order valence-corrected chi connectivity index (χ2v) is 4.36. The van der Waals surface area contributed by atoms with Crippen LogP contribution in [0.3, 0.4) is 0 Å². The molecule has 1 aliphatic rings. The van der Waals surface area contributed by atoms with Crippen molar-refractivity contribution >= 4 is 7.82 Å². The van der Waals surface area contributed by atoms with Gasteiger partial charge >= 0.3 is 62.0 Å². The summed E-state index contributed by atoms with van der Waals surface area (Å²) in [5, 5.41) is 36.5. The van der Waals surface area contributed by atoms with Crippen molar-refractivity contribution < 1.29 is 106 Å². The first kappa shape index (κ1) is 22.2. The summed E-state index contributed by atoms with van der Waals surface area (Å²) in [4.78, 5) is 20.6. The summed E-state index contributed by atoms with van der Waals surface area (Å²) in [5.74, 6) is 0. The van der Waals surface area contributed by atoms with Crippen LogP contribution in [0.25, 0.3) is 0 Å². The molecule has 1 rings (SSSR count). The van der Waals surface area contributed by atoms with Gasteiger partial charge in [0.05, 0.1) is 14.4 Å². The van der Waals surface area contributed by atoms with Crippen LogP contribution < -0.4 is 68.9 Å². The predicted molar refractivity (Wildman–Crippen MR) is 44.7 cm³/mol. The Hall–Kier alpha value is 1.91. The first-order valence-electron chi connectivity index (χ1n) is 4.27. The van der Waals surface area contributed by atoms with Gasteiger partial charge in [0.2, 0.25) is 0 Å². The Balaban J connectivity index is -0.000000320. The molecule has 0 radical (unpaired) electrons. The molecule has 96 valence electrons. The van der Waals surface area contributed by atoms with Crippen LogP contribution in [0.5, 0.6) is 0 Å². The Labute approximate surface area is 150 Å². The number of hydrogen-bond acceptors (Lipinski definition) is 9. The van der Waals surface area contributed by atoms with E-state index in [1.165, 1.54) is 0 Å². The molecular formula is C6H13Na2O9P+2. The van der Waals surface area contributed by atoms with Crippen molar-refractivity contribution in [1.82, 2.24) is 0 Å². The number of phosphoric acid groups is 1. The van der Waals surface area contributed by atoms with Crippen LogP contribution in [0, 0.1) is 0 Å². The Morgan fingerprint density at radius 2 is 1.67 bits per heavy atom. The third-order valence-electron chi connectivity index (χ3n) is 2.08. The van der Waals surface area contributed by atoms with Crippen molar-refractivity contribution in [2.45, 2.75) is 30.7 Å². The van der Waals surface area contributed by atoms with Crippen molar-refractivity contribution in [1.29, 1.82) is 0 Å². The molecule has 0 aromatic carbocycles. The van der Waals surface area contributed by atoms with E-state index in [-0.39, 0.29) is 62.0 Å². The summed E-state index contributed by atoms with van der Waals surface area (Å²) in [6.07, 6.45) is -8.61. The largest absolute Gasteiger partial charge is 1.00 e. The van der Waals surface area contributed by atoms with Crippen molar-refractivity contribution in [3.05, 3.63) is 0 Å². The van der Waals surface area contributed by atoms with Gasteiger partial charge in [-0.3, -0.25) is 0 Å². The summed E-state index contributed by atoms with van der Waals surface area (Å²) in [7, 11) is -5.41. The molecule has 1 aliphatic heterocycles. The molecule has 1 saturated heterocycles. The molecule has 0 saturated carbocycles. The minimum absolute atomic E-state index is 0. The Bertz CT molecular complexity index is 294. The first-order valence-corrected chi connectivity index (χ1v) is 5.73. The van der Waals surface area contributed by atoms with Gasteiger partial charge < -0.3 is 44.0 Å². The van der Waals surface area contributed by atoms with Crippen molar-refractivity contribution in [2.24, 2.45) is 0 Å². The number of rotatable bonds is 3. The normalized spacial score (nSPS) is 36.4. The third-order valence-corrected chi connectivity index (χ3v) is 2.55. The molecule has 1 heterocycles. The topological polar surface area (TPSA) is 163 Å². The minimum Gasteiger partial charge on any atom is -0.790 e. The standard InChI is InChI=1S/C6H13O9P.2Na/c7-1-2-3(8)4(9)5(10)6(14-2)15-16(11,12)13;;/h2-10H,1H2,(H2,11,12,13);;/q;2*+1. The van der Waals surface area contributed by atoms with Crippen LogP contribution in [0.4, 0.5) is 0 Å². The van der Waals surface area contributed by atoms with Gasteiger partial charge in [-0.15, -0.1) is 0 Å². The van der Waals surface area contributed by atoms with Gasteiger partial charge in [-0.1, -0.05) is 0 Å². The van der Waals surface area contributed by atoms with Gasteiger partial charge in [0.1, 0.15) is 24.4 Å². The summed E-state index contributed by atoms with van der Waals surface area (Å²) in [5.41, 5.74) is 0. The average Bonchev–Trinajstić information content (AvgIpc) is 2.17. The number of aliphatic hydroxyl groups is 4. The van der Waals surface area contributed by atoms with E-state index < -0.39 is 45.1 Å². The number of ether oxygens (including phenoxy) is 1. The quantitative estimate of drug-likeness (QED) is 0.293. The van der Waals surface area contributed by atoms with Crippen molar-refractivity contribution in [3.63, 3.8) is 0 Å². The Morgan fingerprint density at radius 3 is 2.06 bits per heavy atom. The monoisotopic (exact) mass is 306 g/mol. The second kappa shape index (κ2) is 9.04. The Morgan fingerprint density at radius 1 is 1.17 bits per heavy atom. The fourth-order valence-corrected chi connectivity index (χ4v) is 1.71. The molecule has 0 bridgehead atoms. The van der Waals surface area contributed by atoms with Crippen LogP contribution in [0.2, 0.25) is 0 Å². The van der Waals surface area contributed by atoms with E-state index in [1.807, 2.05) is 0 Å². The molecule has 5 atom stereocenters. The van der Waals surface area contributed by atoms with Gasteiger partial charge in [0, 0.05) is 0 Å². The SMILES string of the molecule is O=P([O-])([O-])OC1OC(CO)C(O)C(O)C1O.[H+].[H+].[Na+].[Na+]. The van der Waals surface area contributed by atoms with E-state index in [4.69, 9.17) is 5.11 Å². The van der Waals surface area contributed by atoms with Crippen LogP contribution in [0.1, 0.15) is 2.85 Å². The van der Waals surface area contributed by atoms with E-state index in [2.05, 4.69) is 9.26 Å². The van der Waals surface area contributed by atoms with Gasteiger partial charge in [-0.05, 0) is 0 Å². The zero-order valence-corrected chi connectivity index (χ0v) is 14.8. The molecule has 0 amide bonds. The molecule has 0 spiro atoms. The zero-order valence-electron chi connectivity index (χ0n) is 11.9. The van der Waals surface area contributed by atoms with E-state index in [1.54, 1.807) is 0 Å². The zero-order chi connectivity index (χ0) is 12.5. The predicted octanol–water partition coefficient (Wildman–Crippen LogP) is -10.1. The van der Waals surface area contributed by atoms with Crippen molar-refractivity contribution in [3.8, 4) is 0 Å². The van der Waals surface area contributed by atoms with Crippen LogP contribution in [-0.4, -0.2) is 57.7 Å². The third kappa shape index (κ3) is 6.13. The molecule has 18 heavy (non-hydrogen) atoms. The van der Waals surface area contributed by atoms with E-state index >= 15 is 0 Å². The number of phosphoric ester groups is 1. The Kier molecular flexibility index (Phi) is 11.1. The van der Waals surface area contributed by atoms with Crippen LogP contribution in [-0.2, 0) is 13.8 Å². The second-order valence-electron chi connectivity index (χ2n) is 3.25.